The third-order valence-corrected chi connectivity index (χ3v) is 5.74. The molecule has 2 aromatic carbocycles. The number of nitrogens with zero attached hydrogens (tertiary/aromatic N) is 1. The molecule has 1 aliphatic heterocycles. The molecule has 4 rings (SSSR count). The number of benzene rings is 2. The summed E-state index contributed by atoms with van der Waals surface area (Å²) in [4.78, 5) is 44.8. The van der Waals surface area contributed by atoms with Gasteiger partial charge in [0, 0.05) is 17.9 Å². The second-order valence-electron chi connectivity index (χ2n) is 7.22. The van der Waals surface area contributed by atoms with Gasteiger partial charge in [-0.15, -0.1) is 0 Å². The third-order valence-electron chi connectivity index (χ3n) is 4.80. The first-order valence-electron chi connectivity index (χ1n) is 9.58. The Morgan fingerprint density at radius 1 is 1.23 bits per heavy atom. The molecule has 2 heterocycles. The first kappa shape index (κ1) is 20.8. The molecule has 1 unspecified atom stereocenters. The molecule has 3 aromatic rings. The van der Waals surface area contributed by atoms with E-state index in [9.17, 15) is 18.8 Å². The lowest BCUT2D eigenvalue weighted by atomic mass is 9.92. The van der Waals surface area contributed by atoms with E-state index in [1.165, 1.54) is 30.0 Å². The predicted octanol–water partition coefficient (Wildman–Crippen LogP) is 3.57. The Bertz CT molecular complexity index is 1230. The smallest absolute Gasteiger partial charge is 0.257 e. The van der Waals surface area contributed by atoms with Gasteiger partial charge in [0.1, 0.15) is 11.6 Å². The number of carbonyl (C=O) groups excluding carboxylic acids is 2. The van der Waals surface area contributed by atoms with Crippen LogP contribution in [0.2, 0.25) is 0 Å². The maximum atomic E-state index is 13.4. The van der Waals surface area contributed by atoms with E-state index in [0.717, 1.165) is 17.2 Å². The van der Waals surface area contributed by atoms with E-state index in [2.05, 4.69) is 20.6 Å². The SMILES string of the molecule is Cc1cccc(CSc2nc3c(c(=O)[nH]2)C(C(=O)Nc2cccc(F)c2)CC(=O)N3)c1. The molecule has 0 saturated carbocycles. The highest BCUT2D eigenvalue weighted by Gasteiger charge is 2.34. The van der Waals surface area contributed by atoms with Crippen molar-refractivity contribution in [3.8, 4) is 0 Å². The summed E-state index contributed by atoms with van der Waals surface area (Å²) >= 11 is 1.32. The Labute approximate surface area is 181 Å². The van der Waals surface area contributed by atoms with Crippen LogP contribution < -0.4 is 16.2 Å². The van der Waals surface area contributed by atoms with Crippen molar-refractivity contribution in [3.63, 3.8) is 0 Å². The first-order valence-corrected chi connectivity index (χ1v) is 10.6. The van der Waals surface area contributed by atoms with E-state index in [1.54, 1.807) is 0 Å². The number of halogens is 1. The van der Waals surface area contributed by atoms with Crippen LogP contribution in [-0.4, -0.2) is 21.8 Å². The zero-order chi connectivity index (χ0) is 22.0. The van der Waals surface area contributed by atoms with Crippen LogP contribution in [0.5, 0.6) is 0 Å². The van der Waals surface area contributed by atoms with E-state index in [0.29, 0.717) is 10.9 Å². The number of thioether (sulfide) groups is 1. The molecule has 2 amide bonds. The van der Waals surface area contributed by atoms with Crippen molar-refractivity contribution >= 4 is 35.1 Å². The number of carbonyl (C=O) groups is 2. The molecule has 31 heavy (non-hydrogen) atoms. The van der Waals surface area contributed by atoms with Gasteiger partial charge < -0.3 is 15.6 Å². The van der Waals surface area contributed by atoms with E-state index in [-0.39, 0.29) is 23.5 Å². The molecule has 1 aliphatic rings. The first-order chi connectivity index (χ1) is 14.9. The van der Waals surface area contributed by atoms with Crippen LogP contribution in [0.1, 0.15) is 29.0 Å². The number of fused-ring (bicyclic) bond motifs is 1. The molecule has 0 aliphatic carbocycles. The fraction of sp³-hybridized carbons (Fsp3) is 0.182. The molecular weight excluding hydrogens is 419 g/mol. The topological polar surface area (TPSA) is 104 Å². The summed E-state index contributed by atoms with van der Waals surface area (Å²) < 4.78 is 13.4. The molecule has 1 atom stereocenters. The highest BCUT2D eigenvalue weighted by molar-refractivity contribution is 7.98. The van der Waals surface area contributed by atoms with Crippen molar-refractivity contribution in [2.24, 2.45) is 0 Å². The van der Waals surface area contributed by atoms with Crippen LogP contribution in [0.25, 0.3) is 0 Å². The lowest BCUT2D eigenvalue weighted by Crippen LogP contribution is -2.36. The van der Waals surface area contributed by atoms with Crippen molar-refractivity contribution in [2.75, 3.05) is 10.6 Å². The number of nitrogens with one attached hydrogen (secondary N) is 3. The fourth-order valence-corrected chi connectivity index (χ4v) is 4.20. The highest BCUT2D eigenvalue weighted by atomic mass is 32.2. The third kappa shape index (κ3) is 4.83. The number of H-pyrrole nitrogens is 1. The molecule has 0 radical (unpaired) electrons. The van der Waals surface area contributed by atoms with Gasteiger partial charge in [-0.2, -0.15) is 0 Å². The van der Waals surface area contributed by atoms with Crippen LogP contribution in [0.3, 0.4) is 0 Å². The summed E-state index contributed by atoms with van der Waals surface area (Å²) in [6, 6.07) is 13.4. The molecule has 3 N–H and O–H groups in total. The number of anilines is 2. The molecule has 0 bridgehead atoms. The number of aromatic amines is 1. The summed E-state index contributed by atoms with van der Waals surface area (Å²) in [5.41, 5.74) is 2.04. The van der Waals surface area contributed by atoms with Crippen molar-refractivity contribution in [1.29, 1.82) is 0 Å². The van der Waals surface area contributed by atoms with Gasteiger partial charge in [-0.25, -0.2) is 9.37 Å². The Morgan fingerprint density at radius 3 is 2.81 bits per heavy atom. The van der Waals surface area contributed by atoms with E-state index < -0.39 is 29.1 Å². The van der Waals surface area contributed by atoms with Gasteiger partial charge in [-0.3, -0.25) is 14.4 Å². The summed E-state index contributed by atoms with van der Waals surface area (Å²) in [6.45, 7) is 2.00. The fourth-order valence-electron chi connectivity index (χ4n) is 3.39. The van der Waals surface area contributed by atoms with E-state index in [1.807, 2.05) is 31.2 Å². The minimum Gasteiger partial charge on any atom is -0.325 e. The average molecular weight is 438 g/mol. The van der Waals surface area contributed by atoms with Crippen LogP contribution in [0.4, 0.5) is 15.9 Å². The van der Waals surface area contributed by atoms with Crippen LogP contribution in [-0.2, 0) is 15.3 Å². The van der Waals surface area contributed by atoms with E-state index >= 15 is 0 Å². The van der Waals surface area contributed by atoms with Crippen molar-refractivity contribution in [2.45, 2.75) is 30.2 Å². The standard InChI is InChI=1S/C22H19FN4O3S/c1-12-4-2-5-13(8-12)11-31-22-26-19-18(21(30)27-22)16(10-17(28)25-19)20(29)24-15-7-3-6-14(23)9-15/h2-9,16H,10-11H2,1H3,(H,24,29)(H2,25,26,27,28,30). The normalized spacial score (nSPS) is 15.2. The number of aryl methyl sites for hydroxylation is 1. The summed E-state index contributed by atoms with van der Waals surface area (Å²) in [5.74, 6) is -1.87. The average Bonchev–Trinajstić information content (AvgIpc) is 2.71. The zero-order valence-electron chi connectivity index (χ0n) is 16.6. The second-order valence-corrected chi connectivity index (χ2v) is 8.18. The molecule has 1 aromatic heterocycles. The number of rotatable bonds is 5. The van der Waals surface area contributed by atoms with Crippen molar-refractivity contribution in [3.05, 3.63) is 81.4 Å². The number of amides is 2. The van der Waals surface area contributed by atoms with Gasteiger partial charge in [0.05, 0.1) is 11.5 Å². The number of hydrogen-bond donors (Lipinski definition) is 3. The minimum absolute atomic E-state index is 0.0751. The van der Waals surface area contributed by atoms with Gasteiger partial charge >= 0.3 is 0 Å². The molecule has 158 valence electrons. The number of hydrogen-bond acceptors (Lipinski definition) is 5. The minimum atomic E-state index is -1.03. The van der Waals surface area contributed by atoms with E-state index in [4.69, 9.17) is 0 Å². The largest absolute Gasteiger partial charge is 0.325 e. The van der Waals surface area contributed by atoms with Gasteiger partial charge in [0.2, 0.25) is 11.8 Å². The van der Waals surface area contributed by atoms with Gasteiger partial charge in [-0.05, 0) is 30.7 Å². The van der Waals surface area contributed by atoms with Gasteiger partial charge in [0.25, 0.3) is 5.56 Å². The molecule has 0 saturated heterocycles. The molecular formula is C22H19FN4O3S. The zero-order valence-corrected chi connectivity index (χ0v) is 17.4. The molecule has 7 nitrogen and oxygen atoms in total. The summed E-state index contributed by atoms with van der Waals surface area (Å²) in [7, 11) is 0. The quantitative estimate of drug-likeness (QED) is 0.417. The second kappa shape index (κ2) is 8.73. The van der Waals surface area contributed by atoms with Gasteiger partial charge in [-0.1, -0.05) is 47.7 Å². The Kier molecular flexibility index (Phi) is 5.85. The summed E-state index contributed by atoms with van der Waals surface area (Å²) in [6.07, 6.45) is -0.200. The van der Waals surface area contributed by atoms with Crippen LogP contribution in [0.15, 0.2) is 58.5 Å². The maximum absolute atomic E-state index is 13.4. The van der Waals surface area contributed by atoms with Crippen molar-refractivity contribution < 1.29 is 14.0 Å². The number of aromatic nitrogens is 2. The lowest BCUT2D eigenvalue weighted by molar-refractivity contribution is -0.123. The van der Waals surface area contributed by atoms with Crippen LogP contribution >= 0.6 is 11.8 Å². The Hall–Kier alpha value is -3.46. The van der Waals surface area contributed by atoms with Crippen molar-refractivity contribution in [1.82, 2.24) is 9.97 Å². The monoisotopic (exact) mass is 438 g/mol. The molecule has 9 heteroatoms. The lowest BCUT2D eigenvalue weighted by Gasteiger charge is -2.23. The maximum Gasteiger partial charge on any atom is 0.257 e. The Morgan fingerprint density at radius 2 is 2.03 bits per heavy atom. The predicted molar refractivity (Wildman–Crippen MR) is 117 cm³/mol. The highest BCUT2D eigenvalue weighted by Crippen LogP contribution is 2.31. The Balaban J connectivity index is 1.58. The van der Waals surface area contributed by atoms with Crippen LogP contribution in [0, 0.1) is 12.7 Å². The molecule has 0 fully saturated rings. The van der Waals surface area contributed by atoms with Gasteiger partial charge in [0.15, 0.2) is 5.16 Å². The summed E-state index contributed by atoms with van der Waals surface area (Å²) in [5, 5.41) is 5.49. The molecule has 0 spiro atoms.